The van der Waals surface area contributed by atoms with Crippen molar-refractivity contribution in [1.29, 1.82) is 0 Å². The molecule has 0 unspecified atom stereocenters. The Morgan fingerprint density at radius 2 is 1.84 bits per heavy atom. The molecular formula is C28H35AsN5O2S. The Balaban J connectivity index is 1.41. The Bertz CT molecular complexity index is 1240. The van der Waals surface area contributed by atoms with E-state index >= 15 is 0 Å². The monoisotopic (exact) mass is 580 g/mol. The van der Waals surface area contributed by atoms with Crippen LogP contribution in [0, 0.1) is 6.92 Å². The van der Waals surface area contributed by atoms with Gasteiger partial charge in [-0.3, -0.25) is 0 Å². The first-order valence-corrected chi connectivity index (χ1v) is 15.9. The van der Waals surface area contributed by atoms with Crippen molar-refractivity contribution < 1.29 is 9.53 Å². The second-order valence-electron chi connectivity index (χ2n) is 10.8. The van der Waals surface area contributed by atoms with E-state index in [9.17, 15) is 4.79 Å². The molecule has 1 aromatic carbocycles. The molecule has 0 atom stereocenters. The molecule has 1 amide bonds. The minimum atomic E-state index is -0.489. The summed E-state index contributed by atoms with van der Waals surface area (Å²) in [7, 11) is 0. The quantitative estimate of drug-likeness (QED) is 0.381. The number of ether oxygens (including phenoxy) is 1. The van der Waals surface area contributed by atoms with Crippen LogP contribution in [0.5, 0.6) is 0 Å². The van der Waals surface area contributed by atoms with Crippen LogP contribution in [0.25, 0.3) is 21.8 Å². The molecule has 2 aliphatic rings. The third kappa shape index (κ3) is 6.53. The summed E-state index contributed by atoms with van der Waals surface area (Å²) < 4.78 is 7.39. The van der Waals surface area contributed by atoms with E-state index in [2.05, 4.69) is 41.1 Å². The molecule has 1 radical (unpaired) electrons. The summed E-state index contributed by atoms with van der Waals surface area (Å²) in [5.41, 5.74) is 3.76. The number of carbonyl (C=O) groups excluding carboxylic acids is 1. The third-order valence-corrected chi connectivity index (χ3v) is 10.5. The van der Waals surface area contributed by atoms with Crippen molar-refractivity contribution in [2.75, 3.05) is 31.1 Å². The second-order valence-corrected chi connectivity index (χ2v) is 14.7. The SMILES string of the molecule is Cc1cccc(-c2nc(N3CCN(C(=O)OC(C)(C)C)CC3)sc2-c2ccnc([As]C3CCCC3)n2)c1. The van der Waals surface area contributed by atoms with Gasteiger partial charge in [-0.05, 0) is 20.8 Å². The van der Waals surface area contributed by atoms with Crippen molar-refractivity contribution in [3.63, 3.8) is 0 Å². The van der Waals surface area contributed by atoms with Crippen molar-refractivity contribution in [3.05, 3.63) is 42.1 Å². The molecule has 1 saturated heterocycles. The van der Waals surface area contributed by atoms with E-state index in [0.29, 0.717) is 13.1 Å². The molecule has 1 aliphatic carbocycles. The molecule has 1 saturated carbocycles. The fourth-order valence-electron chi connectivity index (χ4n) is 4.75. The topological polar surface area (TPSA) is 71.5 Å². The Morgan fingerprint density at radius 3 is 2.54 bits per heavy atom. The number of carbonyl (C=O) groups is 1. The van der Waals surface area contributed by atoms with Crippen LogP contribution in [-0.4, -0.2) is 73.5 Å². The van der Waals surface area contributed by atoms with E-state index < -0.39 is 5.60 Å². The Hall–Kier alpha value is -2.44. The Labute approximate surface area is 230 Å². The first-order valence-electron chi connectivity index (χ1n) is 13.1. The zero-order valence-corrected chi connectivity index (χ0v) is 24.8. The fraction of sp³-hybridized carbons (Fsp3) is 0.500. The van der Waals surface area contributed by atoms with Crippen LogP contribution in [0.15, 0.2) is 36.5 Å². The maximum absolute atomic E-state index is 12.5. The average molecular weight is 581 g/mol. The zero-order valence-electron chi connectivity index (χ0n) is 22.1. The van der Waals surface area contributed by atoms with E-state index in [1.165, 1.54) is 31.2 Å². The molecule has 1 aliphatic heterocycles. The van der Waals surface area contributed by atoms with E-state index in [1.54, 1.807) is 16.2 Å². The van der Waals surface area contributed by atoms with E-state index in [0.717, 1.165) is 49.4 Å². The van der Waals surface area contributed by atoms with Gasteiger partial charge in [-0.25, -0.2) is 0 Å². The van der Waals surface area contributed by atoms with Crippen LogP contribution < -0.4 is 9.51 Å². The van der Waals surface area contributed by atoms with Crippen molar-refractivity contribution in [2.45, 2.75) is 63.7 Å². The van der Waals surface area contributed by atoms with Gasteiger partial charge in [0.1, 0.15) is 5.60 Å². The van der Waals surface area contributed by atoms with Gasteiger partial charge in [-0.2, -0.15) is 0 Å². The number of anilines is 1. The van der Waals surface area contributed by atoms with Gasteiger partial charge < -0.3 is 0 Å². The number of thiazole rings is 1. The number of aryl methyl sites for hydroxylation is 1. The molecule has 5 rings (SSSR count). The summed E-state index contributed by atoms with van der Waals surface area (Å²) in [6.45, 7) is 10.5. The normalized spacial score (nSPS) is 17.2. The minimum absolute atomic E-state index is 0.0146. The summed E-state index contributed by atoms with van der Waals surface area (Å²) in [5.74, 6) is 0. The molecular weight excluding hydrogens is 545 g/mol. The molecule has 9 heteroatoms. The summed E-state index contributed by atoms with van der Waals surface area (Å²) in [4.78, 5) is 32.5. The van der Waals surface area contributed by atoms with Gasteiger partial charge in [0.25, 0.3) is 0 Å². The molecule has 0 spiro atoms. The van der Waals surface area contributed by atoms with Gasteiger partial charge in [0.15, 0.2) is 0 Å². The molecule has 3 heterocycles. The first kappa shape index (κ1) is 26.2. The summed E-state index contributed by atoms with van der Waals surface area (Å²) in [5, 5.41) is 0.972. The van der Waals surface area contributed by atoms with E-state index in [1.807, 2.05) is 33.0 Å². The average Bonchev–Trinajstić information content (AvgIpc) is 3.54. The summed E-state index contributed by atoms with van der Waals surface area (Å²) >= 11 is 1.68. The van der Waals surface area contributed by atoms with Crippen LogP contribution >= 0.6 is 11.3 Å². The fourth-order valence-corrected chi connectivity index (χ4v) is 8.48. The van der Waals surface area contributed by atoms with Gasteiger partial charge in [0.05, 0.1) is 0 Å². The zero-order chi connectivity index (χ0) is 26.0. The number of benzene rings is 1. The van der Waals surface area contributed by atoms with Gasteiger partial charge in [0.2, 0.25) is 0 Å². The van der Waals surface area contributed by atoms with Crippen molar-refractivity contribution in [3.8, 4) is 21.8 Å². The molecule has 7 nitrogen and oxygen atoms in total. The Kier molecular flexibility index (Phi) is 7.87. The molecule has 37 heavy (non-hydrogen) atoms. The van der Waals surface area contributed by atoms with Crippen LogP contribution in [0.2, 0.25) is 4.71 Å². The number of aromatic nitrogens is 3. The molecule has 2 aromatic heterocycles. The summed E-state index contributed by atoms with van der Waals surface area (Å²) in [6, 6.07) is 10.5. The van der Waals surface area contributed by atoms with Crippen molar-refractivity contribution in [2.24, 2.45) is 0 Å². The maximum atomic E-state index is 12.5. The molecule has 0 N–H and O–H groups in total. The number of amides is 1. The number of nitrogens with zero attached hydrogens (tertiary/aromatic N) is 5. The van der Waals surface area contributed by atoms with Crippen LogP contribution in [0.3, 0.4) is 0 Å². The van der Waals surface area contributed by atoms with Gasteiger partial charge >= 0.3 is 205 Å². The summed E-state index contributed by atoms with van der Waals surface area (Å²) in [6.07, 6.45) is 7.00. The Morgan fingerprint density at radius 1 is 1.08 bits per heavy atom. The molecule has 3 aromatic rings. The molecule has 195 valence electrons. The van der Waals surface area contributed by atoms with Crippen LogP contribution in [0.1, 0.15) is 52.0 Å². The van der Waals surface area contributed by atoms with Crippen molar-refractivity contribution >= 4 is 42.9 Å². The molecule has 2 fully saturated rings. The van der Waals surface area contributed by atoms with Crippen LogP contribution in [-0.2, 0) is 4.74 Å². The number of rotatable bonds is 5. The molecule has 0 bridgehead atoms. The predicted octanol–water partition coefficient (Wildman–Crippen LogP) is 5.32. The number of hydrogen-bond acceptors (Lipinski definition) is 7. The number of piperazine rings is 1. The van der Waals surface area contributed by atoms with Crippen LogP contribution in [0.4, 0.5) is 9.93 Å². The second kappa shape index (κ2) is 11.1. The first-order chi connectivity index (χ1) is 17.7. The third-order valence-electron chi connectivity index (χ3n) is 6.61. The van der Waals surface area contributed by atoms with Gasteiger partial charge in [-0.15, -0.1) is 0 Å². The van der Waals surface area contributed by atoms with Crippen molar-refractivity contribution in [1.82, 2.24) is 19.9 Å². The predicted molar refractivity (Wildman–Crippen MR) is 151 cm³/mol. The van der Waals surface area contributed by atoms with E-state index in [-0.39, 0.29) is 21.8 Å². The van der Waals surface area contributed by atoms with Gasteiger partial charge in [-0.1, -0.05) is 0 Å². The van der Waals surface area contributed by atoms with Gasteiger partial charge in [0, 0.05) is 0 Å². The number of hydrogen-bond donors (Lipinski definition) is 0. The van der Waals surface area contributed by atoms with E-state index in [4.69, 9.17) is 14.7 Å². The standard InChI is InChI=1S/C28H35AsN5O2S/c1-19-8-7-9-20(18-19)23-24(22-12-13-30-25(31-22)29-21-10-5-6-11-21)37-26(32-23)33-14-16-34(17-15-33)27(35)36-28(2,3)4/h7-9,12-13,18,21H,5-6,10-11,14-17H2,1-4H3.